The van der Waals surface area contributed by atoms with Crippen LogP contribution in [0.15, 0.2) is 24.3 Å². The SMILES string of the molecule is C[C@@H]1CCCC[C@]12NC(=O)N(CC(=O)N1CCN(c3ccccc3Cl)CC1)C2=O. The number of nitrogens with one attached hydrogen (secondary N) is 1. The number of nitrogens with zero attached hydrogens (tertiary/aromatic N) is 3. The Hall–Kier alpha value is -2.28. The van der Waals surface area contributed by atoms with Gasteiger partial charge in [-0.1, -0.05) is 43.5 Å². The summed E-state index contributed by atoms with van der Waals surface area (Å²) >= 11 is 6.27. The highest BCUT2D eigenvalue weighted by Gasteiger charge is 2.55. The number of halogens is 1. The van der Waals surface area contributed by atoms with E-state index in [4.69, 9.17) is 11.6 Å². The Kier molecular flexibility index (Phi) is 5.42. The first kappa shape index (κ1) is 20.0. The summed E-state index contributed by atoms with van der Waals surface area (Å²) in [5.74, 6) is -0.336. The van der Waals surface area contributed by atoms with Crippen LogP contribution in [0.25, 0.3) is 0 Å². The number of imide groups is 1. The predicted molar refractivity (Wildman–Crippen MR) is 111 cm³/mol. The topological polar surface area (TPSA) is 73.0 Å². The van der Waals surface area contributed by atoms with Gasteiger partial charge in [-0.25, -0.2) is 4.79 Å². The standard InChI is InChI=1S/C21H27ClN4O3/c1-15-6-4-5-9-21(15)19(28)26(20(29)23-21)14-18(27)25-12-10-24(11-13-25)17-8-3-2-7-16(17)22/h2-3,7-8,15H,4-6,9-14H2,1H3,(H,23,29)/t15-,21+/m1/s1. The van der Waals surface area contributed by atoms with E-state index in [1.807, 2.05) is 31.2 Å². The number of carbonyl (C=O) groups is 3. The summed E-state index contributed by atoms with van der Waals surface area (Å²) < 4.78 is 0. The lowest BCUT2D eigenvalue weighted by molar-refractivity contribution is -0.140. The molecule has 0 unspecified atom stereocenters. The van der Waals surface area contributed by atoms with Gasteiger partial charge in [0.2, 0.25) is 5.91 Å². The number of benzene rings is 1. The molecule has 4 amide bonds. The number of hydrogen-bond donors (Lipinski definition) is 1. The Morgan fingerprint density at radius 2 is 1.90 bits per heavy atom. The molecule has 1 saturated carbocycles. The lowest BCUT2D eigenvalue weighted by Crippen LogP contribution is -2.55. The van der Waals surface area contributed by atoms with Gasteiger partial charge in [-0.05, 0) is 30.9 Å². The molecule has 3 aliphatic rings. The third-order valence-electron chi connectivity index (χ3n) is 6.62. The third kappa shape index (κ3) is 3.56. The molecule has 7 nitrogen and oxygen atoms in total. The van der Waals surface area contributed by atoms with Crippen LogP contribution in [0.5, 0.6) is 0 Å². The van der Waals surface area contributed by atoms with Crippen molar-refractivity contribution in [3.63, 3.8) is 0 Å². The molecule has 0 bridgehead atoms. The number of piperazine rings is 1. The zero-order chi connectivity index (χ0) is 20.6. The molecule has 1 spiro atoms. The predicted octanol–water partition coefficient (Wildman–Crippen LogP) is 2.49. The fraction of sp³-hybridized carbons (Fsp3) is 0.571. The Morgan fingerprint density at radius 3 is 2.59 bits per heavy atom. The summed E-state index contributed by atoms with van der Waals surface area (Å²) in [6.45, 7) is 4.22. The van der Waals surface area contributed by atoms with E-state index in [1.165, 1.54) is 0 Å². The van der Waals surface area contributed by atoms with Crippen molar-refractivity contribution in [3.8, 4) is 0 Å². The van der Waals surface area contributed by atoms with Crippen molar-refractivity contribution in [1.82, 2.24) is 15.1 Å². The first-order chi connectivity index (χ1) is 13.9. The second-order valence-electron chi connectivity index (χ2n) is 8.26. The van der Waals surface area contributed by atoms with Gasteiger partial charge < -0.3 is 15.1 Å². The van der Waals surface area contributed by atoms with Crippen LogP contribution in [0.3, 0.4) is 0 Å². The lowest BCUT2D eigenvalue weighted by Gasteiger charge is -2.37. The van der Waals surface area contributed by atoms with Crippen LogP contribution in [-0.2, 0) is 9.59 Å². The number of amides is 4. The Labute approximate surface area is 176 Å². The van der Waals surface area contributed by atoms with Gasteiger partial charge in [-0.15, -0.1) is 0 Å². The zero-order valence-electron chi connectivity index (χ0n) is 16.7. The second-order valence-corrected chi connectivity index (χ2v) is 8.67. The molecule has 2 heterocycles. The highest BCUT2D eigenvalue weighted by molar-refractivity contribution is 6.33. The molecule has 29 heavy (non-hydrogen) atoms. The normalized spacial score (nSPS) is 27.5. The molecule has 8 heteroatoms. The minimum Gasteiger partial charge on any atom is -0.367 e. The average Bonchev–Trinajstić information content (AvgIpc) is 2.96. The molecular weight excluding hydrogens is 392 g/mol. The molecular formula is C21H27ClN4O3. The largest absolute Gasteiger partial charge is 0.367 e. The zero-order valence-corrected chi connectivity index (χ0v) is 17.5. The molecule has 3 fully saturated rings. The Morgan fingerprint density at radius 1 is 1.17 bits per heavy atom. The van der Waals surface area contributed by atoms with Crippen LogP contribution < -0.4 is 10.2 Å². The molecule has 1 N–H and O–H groups in total. The Balaban J connectivity index is 1.37. The maximum atomic E-state index is 13.0. The van der Waals surface area contributed by atoms with Crippen LogP contribution in [0, 0.1) is 5.92 Å². The molecule has 1 aromatic carbocycles. The molecule has 2 saturated heterocycles. The van der Waals surface area contributed by atoms with Gasteiger partial charge >= 0.3 is 6.03 Å². The van der Waals surface area contributed by atoms with Gasteiger partial charge in [0.15, 0.2) is 0 Å². The second kappa shape index (κ2) is 7.86. The van der Waals surface area contributed by atoms with Crippen LogP contribution in [0.2, 0.25) is 5.02 Å². The summed E-state index contributed by atoms with van der Waals surface area (Å²) in [6.07, 6.45) is 3.56. The van der Waals surface area contributed by atoms with Crippen LogP contribution in [0.1, 0.15) is 32.6 Å². The van der Waals surface area contributed by atoms with Crippen molar-refractivity contribution in [2.75, 3.05) is 37.6 Å². The van der Waals surface area contributed by atoms with Gasteiger partial charge in [-0.2, -0.15) is 0 Å². The fourth-order valence-corrected chi connectivity index (χ4v) is 5.03. The number of para-hydroxylation sites is 1. The molecule has 156 valence electrons. The molecule has 1 aromatic rings. The Bertz CT molecular complexity index is 824. The van der Waals surface area contributed by atoms with Crippen molar-refractivity contribution >= 4 is 35.1 Å². The first-order valence-corrected chi connectivity index (χ1v) is 10.7. The molecule has 4 rings (SSSR count). The van der Waals surface area contributed by atoms with Crippen molar-refractivity contribution < 1.29 is 14.4 Å². The lowest BCUT2D eigenvalue weighted by atomic mass is 9.73. The summed E-state index contributed by atoms with van der Waals surface area (Å²) in [4.78, 5) is 43.3. The van der Waals surface area contributed by atoms with Crippen LogP contribution in [-0.4, -0.2) is 65.9 Å². The van der Waals surface area contributed by atoms with Crippen molar-refractivity contribution in [2.45, 2.75) is 38.1 Å². The number of anilines is 1. The van der Waals surface area contributed by atoms with Gasteiger partial charge in [-0.3, -0.25) is 14.5 Å². The van der Waals surface area contributed by atoms with E-state index in [0.717, 1.165) is 29.8 Å². The highest BCUT2D eigenvalue weighted by atomic mass is 35.5. The van der Waals surface area contributed by atoms with E-state index in [-0.39, 0.29) is 24.3 Å². The fourth-order valence-electron chi connectivity index (χ4n) is 4.78. The summed E-state index contributed by atoms with van der Waals surface area (Å²) in [7, 11) is 0. The molecule has 1 aliphatic carbocycles. The van der Waals surface area contributed by atoms with Crippen LogP contribution in [0.4, 0.5) is 10.5 Å². The maximum absolute atomic E-state index is 13.0. The summed E-state index contributed by atoms with van der Waals surface area (Å²) in [5.41, 5.74) is 0.141. The van der Waals surface area contributed by atoms with E-state index in [0.29, 0.717) is 37.6 Å². The number of urea groups is 1. The molecule has 0 aromatic heterocycles. The number of hydrogen-bond acceptors (Lipinski definition) is 4. The van der Waals surface area contributed by atoms with Crippen molar-refractivity contribution in [2.24, 2.45) is 5.92 Å². The van der Waals surface area contributed by atoms with E-state index < -0.39 is 11.6 Å². The highest BCUT2D eigenvalue weighted by Crippen LogP contribution is 2.38. The van der Waals surface area contributed by atoms with E-state index in [1.54, 1.807) is 4.90 Å². The maximum Gasteiger partial charge on any atom is 0.325 e. The third-order valence-corrected chi connectivity index (χ3v) is 6.94. The average molecular weight is 419 g/mol. The van der Waals surface area contributed by atoms with Crippen molar-refractivity contribution in [1.29, 1.82) is 0 Å². The van der Waals surface area contributed by atoms with E-state index in [2.05, 4.69) is 10.2 Å². The number of rotatable bonds is 3. The van der Waals surface area contributed by atoms with Gasteiger partial charge in [0.25, 0.3) is 5.91 Å². The minimum atomic E-state index is -0.821. The number of carbonyl (C=O) groups excluding carboxylic acids is 3. The minimum absolute atomic E-state index is 0.0898. The van der Waals surface area contributed by atoms with Crippen molar-refractivity contribution in [3.05, 3.63) is 29.3 Å². The van der Waals surface area contributed by atoms with Gasteiger partial charge in [0.05, 0.1) is 10.7 Å². The smallest absolute Gasteiger partial charge is 0.325 e. The van der Waals surface area contributed by atoms with Crippen LogP contribution >= 0.6 is 11.6 Å². The quantitative estimate of drug-likeness (QED) is 0.765. The monoisotopic (exact) mass is 418 g/mol. The van der Waals surface area contributed by atoms with E-state index >= 15 is 0 Å². The molecule has 2 atom stereocenters. The molecule has 0 radical (unpaired) electrons. The summed E-state index contributed by atoms with van der Waals surface area (Å²) in [5, 5.41) is 3.60. The summed E-state index contributed by atoms with van der Waals surface area (Å²) in [6, 6.07) is 7.22. The van der Waals surface area contributed by atoms with Gasteiger partial charge in [0, 0.05) is 26.2 Å². The van der Waals surface area contributed by atoms with Gasteiger partial charge in [0.1, 0.15) is 12.1 Å². The van der Waals surface area contributed by atoms with E-state index in [9.17, 15) is 14.4 Å². The molecule has 2 aliphatic heterocycles. The first-order valence-electron chi connectivity index (χ1n) is 10.3.